The van der Waals surface area contributed by atoms with Crippen molar-refractivity contribution >= 4 is 11.8 Å². The molecule has 0 radical (unpaired) electrons. The molecule has 1 aromatic heterocycles. The first-order valence-electron chi connectivity index (χ1n) is 11.2. The van der Waals surface area contributed by atoms with Gasteiger partial charge in [0.25, 0.3) is 5.91 Å². The number of carbonyl (C=O) groups excluding carboxylic acids is 2. The molecular formula is C26H29N3O4. The summed E-state index contributed by atoms with van der Waals surface area (Å²) in [7, 11) is 1.81. The Labute approximate surface area is 194 Å². The summed E-state index contributed by atoms with van der Waals surface area (Å²) in [5, 5.41) is 0. The van der Waals surface area contributed by atoms with Crippen LogP contribution in [0.3, 0.4) is 0 Å². The number of likely N-dealkylation sites (tertiary alicyclic amines) is 1. The van der Waals surface area contributed by atoms with Gasteiger partial charge < -0.3 is 19.0 Å². The van der Waals surface area contributed by atoms with Gasteiger partial charge in [-0.25, -0.2) is 4.98 Å². The summed E-state index contributed by atoms with van der Waals surface area (Å²) >= 11 is 0. The number of oxazole rings is 1. The van der Waals surface area contributed by atoms with Gasteiger partial charge in [-0.15, -0.1) is 0 Å². The maximum absolute atomic E-state index is 13.1. The van der Waals surface area contributed by atoms with Gasteiger partial charge in [-0.2, -0.15) is 0 Å². The zero-order valence-electron chi connectivity index (χ0n) is 19.0. The number of para-hydroxylation sites is 1. The molecule has 0 bridgehead atoms. The highest BCUT2D eigenvalue weighted by Crippen LogP contribution is 2.27. The van der Waals surface area contributed by atoms with Crippen LogP contribution >= 0.6 is 0 Å². The van der Waals surface area contributed by atoms with E-state index in [1.807, 2.05) is 67.7 Å². The predicted molar refractivity (Wildman–Crippen MR) is 124 cm³/mol. The van der Waals surface area contributed by atoms with Gasteiger partial charge in [-0.05, 0) is 24.6 Å². The smallest absolute Gasteiger partial charge is 0.291 e. The number of ether oxygens (including phenoxy) is 1. The van der Waals surface area contributed by atoms with Crippen molar-refractivity contribution < 1.29 is 18.7 Å². The van der Waals surface area contributed by atoms with Gasteiger partial charge in [-0.1, -0.05) is 48.5 Å². The Morgan fingerprint density at radius 3 is 2.48 bits per heavy atom. The highest BCUT2D eigenvalue weighted by Gasteiger charge is 2.36. The molecule has 1 fully saturated rings. The molecule has 0 aliphatic carbocycles. The Balaban J connectivity index is 1.47. The van der Waals surface area contributed by atoms with Crippen LogP contribution in [0.15, 0.2) is 71.5 Å². The van der Waals surface area contributed by atoms with Crippen LogP contribution in [-0.2, 0) is 11.3 Å². The Bertz CT molecular complexity index is 1070. The number of hydrogen-bond donors (Lipinski definition) is 0. The van der Waals surface area contributed by atoms with E-state index < -0.39 is 0 Å². The van der Waals surface area contributed by atoms with Crippen LogP contribution in [0.4, 0.5) is 0 Å². The highest BCUT2D eigenvalue weighted by atomic mass is 16.5. The summed E-state index contributed by atoms with van der Waals surface area (Å²) in [5.41, 5.74) is 1.64. The van der Waals surface area contributed by atoms with E-state index in [2.05, 4.69) is 4.98 Å². The lowest BCUT2D eigenvalue weighted by atomic mass is 9.90. The minimum absolute atomic E-state index is 0.0238. The molecule has 2 heterocycles. The van der Waals surface area contributed by atoms with E-state index in [1.165, 1.54) is 6.39 Å². The normalized spacial score (nSPS) is 18.1. The summed E-state index contributed by atoms with van der Waals surface area (Å²) in [6.07, 6.45) is 2.04. The van der Waals surface area contributed by atoms with Crippen LogP contribution in [0.5, 0.6) is 5.75 Å². The van der Waals surface area contributed by atoms with Gasteiger partial charge in [-0.3, -0.25) is 9.59 Å². The maximum Gasteiger partial charge on any atom is 0.291 e. The molecule has 1 aliphatic rings. The second kappa shape index (κ2) is 10.3. The quantitative estimate of drug-likeness (QED) is 0.548. The van der Waals surface area contributed by atoms with E-state index in [0.29, 0.717) is 38.2 Å². The van der Waals surface area contributed by atoms with Gasteiger partial charge >= 0.3 is 0 Å². The summed E-state index contributed by atoms with van der Waals surface area (Å²) in [6.45, 7) is 3.24. The van der Waals surface area contributed by atoms with Crippen molar-refractivity contribution in [1.29, 1.82) is 0 Å². The molecule has 7 nitrogen and oxygen atoms in total. The zero-order valence-corrected chi connectivity index (χ0v) is 19.0. The Kier molecular flexibility index (Phi) is 7.07. The van der Waals surface area contributed by atoms with Crippen LogP contribution in [0.2, 0.25) is 0 Å². The first-order chi connectivity index (χ1) is 16.0. The number of nitrogens with zero attached hydrogens (tertiary/aromatic N) is 3. The molecule has 1 saturated heterocycles. The highest BCUT2D eigenvalue weighted by molar-refractivity contribution is 5.92. The van der Waals surface area contributed by atoms with Crippen molar-refractivity contribution in [1.82, 2.24) is 14.8 Å². The largest absolute Gasteiger partial charge is 0.490 e. The summed E-state index contributed by atoms with van der Waals surface area (Å²) in [6, 6.07) is 19.5. The van der Waals surface area contributed by atoms with Crippen molar-refractivity contribution in [2.75, 3.05) is 20.1 Å². The monoisotopic (exact) mass is 447 g/mol. The van der Waals surface area contributed by atoms with Crippen molar-refractivity contribution in [3.05, 3.63) is 84.1 Å². The average molecular weight is 448 g/mol. The molecule has 2 atom stereocenters. The fourth-order valence-electron chi connectivity index (χ4n) is 4.20. The number of benzene rings is 2. The average Bonchev–Trinajstić information content (AvgIpc) is 3.26. The number of amides is 2. The van der Waals surface area contributed by atoms with E-state index in [4.69, 9.17) is 9.15 Å². The number of aromatic nitrogens is 1. The molecule has 0 unspecified atom stereocenters. The number of hydrogen-bond acceptors (Lipinski definition) is 5. The van der Waals surface area contributed by atoms with Crippen molar-refractivity contribution in [2.24, 2.45) is 5.92 Å². The molecule has 0 N–H and O–H groups in total. The molecule has 4 rings (SSSR count). The Morgan fingerprint density at radius 2 is 1.82 bits per heavy atom. The van der Waals surface area contributed by atoms with E-state index in [-0.39, 0.29) is 29.6 Å². The molecule has 2 amide bonds. The Morgan fingerprint density at radius 1 is 1.12 bits per heavy atom. The van der Waals surface area contributed by atoms with E-state index in [9.17, 15) is 9.59 Å². The lowest BCUT2D eigenvalue weighted by Crippen LogP contribution is -2.49. The third-order valence-electron chi connectivity index (χ3n) is 6.05. The zero-order chi connectivity index (χ0) is 23.2. The topological polar surface area (TPSA) is 75.9 Å². The fourth-order valence-corrected chi connectivity index (χ4v) is 4.20. The summed E-state index contributed by atoms with van der Waals surface area (Å²) in [5.74, 6) is 0.706. The molecule has 7 heteroatoms. The van der Waals surface area contributed by atoms with Gasteiger partial charge in [0.2, 0.25) is 11.7 Å². The molecule has 172 valence electrons. The minimum Gasteiger partial charge on any atom is -0.490 e. The van der Waals surface area contributed by atoms with Gasteiger partial charge in [0.15, 0.2) is 6.39 Å². The maximum atomic E-state index is 13.1. The SMILES string of the molecule is Cc1ncoc1C(=O)N1CC[C@H](Oc2ccccc2)[C@@H](CC(=O)N(C)Cc2ccccc2)C1. The third-order valence-corrected chi connectivity index (χ3v) is 6.05. The first-order valence-corrected chi connectivity index (χ1v) is 11.2. The molecular weight excluding hydrogens is 418 g/mol. The van der Waals surface area contributed by atoms with Gasteiger partial charge in [0, 0.05) is 45.4 Å². The standard InChI is InChI=1S/C26H29N3O4/c1-19-25(32-18-27-19)26(31)29-14-13-23(33-22-11-7-4-8-12-22)21(17-29)15-24(30)28(2)16-20-9-5-3-6-10-20/h3-12,18,21,23H,13-17H2,1-2H3/t21-,23-/m0/s1. The lowest BCUT2D eigenvalue weighted by molar-refractivity contribution is -0.133. The molecule has 33 heavy (non-hydrogen) atoms. The number of piperidine rings is 1. The van der Waals surface area contributed by atoms with Crippen molar-refractivity contribution in [2.45, 2.75) is 32.4 Å². The summed E-state index contributed by atoms with van der Waals surface area (Å²) in [4.78, 5) is 33.6. The van der Waals surface area contributed by atoms with Gasteiger partial charge in [0.05, 0.1) is 5.69 Å². The van der Waals surface area contributed by atoms with Crippen molar-refractivity contribution in [3.63, 3.8) is 0 Å². The van der Waals surface area contributed by atoms with Crippen LogP contribution in [0.1, 0.15) is 34.7 Å². The van der Waals surface area contributed by atoms with E-state index >= 15 is 0 Å². The lowest BCUT2D eigenvalue weighted by Gasteiger charge is -2.38. The molecule has 0 saturated carbocycles. The molecule has 3 aromatic rings. The second-order valence-corrected chi connectivity index (χ2v) is 8.48. The van der Waals surface area contributed by atoms with Crippen LogP contribution in [0, 0.1) is 12.8 Å². The van der Waals surface area contributed by atoms with Crippen LogP contribution in [-0.4, -0.2) is 52.8 Å². The molecule has 1 aliphatic heterocycles. The van der Waals surface area contributed by atoms with E-state index in [1.54, 1.807) is 16.7 Å². The number of rotatable bonds is 7. The molecule has 0 spiro atoms. The number of aryl methyl sites for hydroxylation is 1. The number of carbonyl (C=O) groups is 2. The van der Waals surface area contributed by atoms with Crippen LogP contribution in [0.25, 0.3) is 0 Å². The van der Waals surface area contributed by atoms with Crippen molar-refractivity contribution in [3.8, 4) is 5.75 Å². The fraction of sp³-hybridized carbons (Fsp3) is 0.346. The van der Waals surface area contributed by atoms with Gasteiger partial charge in [0.1, 0.15) is 11.9 Å². The second-order valence-electron chi connectivity index (χ2n) is 8.48. The summed E-state index contributed by atoms with van der Waals surface area (Å²) < 4.78 is 11.6. The predicted octanol–water partition coefficient (Wildman–Crippen LogP) is 3.94. The van der Waals surface area contributed by atoms with E-state index in [0.717, 1.165) is 11.3 Å². The molecule has 2 aromatic carbocycles. The minimum atomic E-state index is -0.196. The Hall–Kier alpha value is -3.61. The first kappa shape index (κ1) is 22.6. The third kappa shape index (κ3) is 5.61. The van der Waals surface area contributed by atoms with Crippen LogP contribution < -0.4 is 4.74 Å².